The van der Waals surface area contributed by atoms with E-state index >= 15 is 0 Å². The quantitative estimate of drug-likeness (QED) is 0.799. The molecule has 1 aromatic carbocycles. The Labute approximate surface area is 125 Å². The summed E-state index contributed by atoms with van der Waals surface area (Å²) in [6.45, 7) is 2.36. The predicted octanol–water partition coefficient (Wildman–Crippen LogP) is 1.96. The molecule has 0 radical (unpaired) electrons. The van der Waals surface area contributed by atoms with E-state index in [1.165, 1.54) is 0 Å². The van der Waals surface area contributed by atoms with Crippen LogP contribution >= 0.6 is 11.3 Å². The Kier molecular flexibility index (Phi) is 3.74. The van der Waals surface area contributed by atoms with Gasteiger partial charge in [-0.25, -0.2) is 4.98 Å². The van der Waals surface area contributed by atoms with Gasteiger partial charge in [-0.05, 0) is 19.1 Å². The van der Waals surface area contributed by atoms with E-state index in [0.29, 0.717) is 12.1 Å². The lowest BCUT2D eigenvalue weighted by molar-refractivity contribution is 0.0950. The molecule has 6 nitrogen and oxygen atoms in total. The summed E-state index contributed by atoms with van der Waals surface area (Å²) in [5.74, 6) is -0.148. The van der Waals surface area contributed by atoms with E-state index in [0.717, 1.165) is 16.4 Å². The van der Waals surface area contributed by atoms with Crippen molar-refractivity contribution in [3.63, 3.8) is 0 Å². The topological polar surface area (TPSA) is 72.7 Å². The number of para-hydroxylation sites is 1. The van der Waals surface area contributed by atoms with E-state index in [-0.39, 0.29) is 5.91 Å². The molecule has 2 heterocycles. The minimum atomic E-state index is -0.148. The van der Waals surface area contributed by atoms with Gasteiger partial charge in [0.05, 0.1) is 28.5 Å². The molecule has 0 aliphatic heterocycles. The molecule has 0 bridgehead atoms. The van der Waals surface area contributed by atoms with Crippen molar-refractivity contribution in [2.24, 2.45) is 0 Å². The third-order valence-corrected chi connectivity index (χ3v) is 3.76. The largest absolute Gasteiger partial charge is 0.346 e. The highest BCUT2D eigenvalue weighted by Gasteiger charge is 2.12. The molecule has 3 aromatic rings. The van der Waals surface area contributed by atoms with Crippen molar-refractivity contribution in [1.29, 1.82) is 0 Å². The molecule has 0 unspecified atom stereocenters. The normalized spacial score (nSPS) is 10.5. The summed E-state index contributed by atoms with van der Waals surface area (Å²) >= 11 is 1.57. The highest BCUT2D eigenvalue weighted by atomic mass is 32.1. The lowest BCUT2D eigenvalue weighted by Crippen LogP contribution is -2.24. The molecule has 106 valence electrons. The van der Waals surface area contributed by atoms with Crippen LogP contribution in [0, 0.1) is 6.92 Å². The van der Waals surface area contributed by atoms with E-state index in [1.807, 2.05) is 30.5 Å². The summed E-state index contributed by atoms with van der Waals surface area (Å²) in [6, 6.07) is 7.33. The summed E-state index contributed by atoms with van der Waals surface area (Å²) in [5, 5.41) is 13.4. The van der Waals surface area contributed by atoms with Gasteiger partial charge in [0, 0.05) is 5.38 Å². The monoisotopic (exact) mass is 299 g/mol. The minimum absolute atomic E-state index is 0.148. The highest BCUT2D eigenvalue weighted by molar-refractivity contribution is 7.09. The third kappa shape index (κ3) is 2.97. The molecule has 1 N–H and O–H groups in total. The van der Waals surface area contributed by atoms with Gasteiger partial charge < -0.3 is 5.32 Å². The number of carbonyl (C=O) groups is 1. The molecule has 0 spiro atoms. The van der Waals surface area contributed by atoms with Crippen LogP contribution in [0.4, 0.5) is 0 Å². The van der Waals surface area contributed by atoms with Gasteiger partial charge in [0.15, 0.2) is 0 Å². The molecule has 2 aromatic heterocycles. The lowest BCUT2D eigenvalue weighted by atomic mass is 10.1. The van der Waals surface area contributed by atoms with Crippen LogP contribution in [0.1, 0.15) is 21.1 Å². The van der Waals surface area contributed by atoms with Crippen LogP contribution in [0.2, 0.25) is 0 Å². The highest BCUT2D eigenvalue weighted by Crippen LogP contribution is 2.14. The number of amides is 1. The number of thiazole rings is 1. The maximum Gasteiger partial charge on any atom is 0.253 e. The number of aryl methyl sites for hydroxylation is 1. The average molecular weight is 299 g/mol. The number of nitrogens with one attached hydrogen (secondary N) is 1. The van der Waals surface area contributed by atoms with Crippen LogP contribution in [0.5, 0.6) is 0 Å². The number of benzene rings is 1. The molecule has 0 aliphatic rings. The summed E-state index contributed by atoms with van der Waals surface area (Å²) in [5.41, 5.74) is 2.19. The Balaban J connectivity index is 1.79. The fourth-order valence-electron chi connectivity index (χ4n) is 1.97. The van der Waals surface area contributed by atoms with Crippen LogP contribution in [0.25, 0.3) is 5.69 Å². The van der Waals surface area contributed by atoms with Crippen molar-refractivity contribution in [1.82, 2.24) is 25.1 Å². The molecule has 0 saturated heterocycles. The molecule has 0 aliphatic carbocycles. The molecule has 1 amide bonds. The third-order valence-electron chi connectivity index (χ3n) is 2.94. The maximum absolute atomic E-state index is 12.4. The summed E-state index contributed by atoms with van der Waals surface area (Å²) in [4.78, 5) is 16.7. The fraction of sp³-hybridized carbons (Fsp3) is 0.143. The van der Waals surface area contributed by atoms with Gasteiger partial charge >= 0.3 is 0 Å². The first-order valence-corrected chi connectivity index (χ1v) is 7.25. The second kappa shape index (κ2) is 5.84. The van der Waals surface area contributed by atoms with Crippen LogP contribution in [0.3, 0.4) is 0 Å². The number of hydrogen-bond donors (Lipinski definition) is 1. The van der Waals surface area contributed by atoms with E-state index in [4.69, 9.17) is 0 Å². The van der Waals surface area contributed by atoms with Crippen molar-refractivity contribution in [3.05, 3.63) is 58.6 Å². The van der Waals surface area contributed by atoms with Crippen LogP contribution in [0.15, 0.2) is 42.3 Å². The molecule has 21 heavy (non-hydrogen) atoms. The Bertz CT molecular complexity index is 750. The zero-order valence-corrected chi connectivity index (χ0v) is 12.2. The van der Waals surface area contributed by atoms with Crippen molar-refractivity contribution >= 4 is 17.2 Å². The van der Waals surface area contributed by atoms with Crippen LogP contribution in [-0.2, 0) is 6.54 Å². The van der Waals surface area contributed by atoms with Gasteiger partial charge in [-0.2, -0.15) is 0 Å². The predicted molar refractivity (Wildman–Crippen MR) is 79.4 cm³/mol. The first kappa shape index (κ1) is 13.4. The standard InChI is InChI=1S/C14H13N5OS/c1-10-18-11(7-21-10)6-15-14(20)12-4-2-3-5-13(12)19-8-16-17-9-19/h2-5,7-9H,6H2,1H3,(H,15,20). The zero-order valence-electron chi connectivity index (χ0n) is 11.4. The smallest absolute Gasteiger partial charge is 0.253 e. The van der Waals surface area contributed by atoms with Crippen molar-refractivity contribution in [3.8, 4) is 5.69 Å². The first-order valence-electron chi connectivity index (χ1n) is 6.37. The van der Waals surface area contributed by atoms with Crippen molar-refractivity contribution < 1.29 is 4.79 Å². The fourth-order valence-corrected chi connectivity index (χ4v) is 2.58. The van der Waals surface area contributed by atoms with Gasteiger partial charge in [-0.3, -0.25) is 9.36 Å². The van der Waals surface area contributed by atoms with Crippen molar-refractivity contribution in [2.45, 2.75) is 13.5 Å². The lowest BCUT2D eigenvalue weighted by Gasteiger charge is -2.09. The van der Waals surface area contributed by atoms with E-state index in [1.54, 1.807) is 34.6 Å². The summed E-state index contributed by atoms with van der Waals surface area (Å²) < 4.78 is 1.71. The number of rotatable bonds is 4. The van der Waals surface area contributed by atoms with Gasteiger partial charge in [0.2, 0.25) is 0 Å². The molecule has 7 heteroatoms. The molecule has 3 rings (SSSR count). The maximum atomic E-state index is 12.4. The average Bonchev–Trinajstić information content (AvgIpc) is 3.16. The summed E-state index contributed by atoms with van der Waals surface area (Å²) in [6.07, 6.45) is 3.13. The number of aromatic nitrogens is 4. The Morgan fingerprint density at radius 1 is 1.29 bits per heavy atom. The molecular weight excluding hydrogens is 286 g/mol. The Morgan fingerprint density at radius 3 is 2.76 bits per heavy atom. The summed E-state index contributed by atoms with van der Waals surface area (Å²) in [7, 11) is 0. The van der Waals surface area contributed by atoms with Crippen molar-refractivity contribution in [2.75, 3.05) is 0 Å². The molecular formula is C14H13N5OS. The van der Waals surface area contributed by atoms with Gasteiger partial charge in [0.25, 0.3) is 5.91 Å². The second-order valence-electron chi connectivity index (χ2n) is 4.43. The molecule has 0 fully saturated rings. The number of carbonyl (C=O) groups excluding carboxylic acids is 1. The number of hydrogen-bond acceptors (Lipinski definition) is 5. The van der Waals surface area contributed by atoms with Gasteiger partial charge in [0.1, 0.15) is 12.7 Å². The van der Waals surface area contributed by atoms with Crippen LogP contribution in [-0.4, -0.2) is 25.7 Å². The minimum Gasteiger partial charge on any atom is -0.346 e. The second-order valence-corrected chi connectivity index (χ2v) is 5.49. The number of nitrogens with zero attached hydrogens (tertiary/aromatic N) is 4. The Hall–Kier alpha value is -2.54. The van der Waals surface area contributed by atoms with Gasteiger partial charge in [-0.15, -0.1) is 21.5 Å². The van der Waals surface area contributed by atoms with Crippen LogP contribution < -0.4 is 5.32 Å². The first-order chi connectivity index (χ1) is 10.2. The SMILES string of the molecule is Cc1nc(CNC(=O)c2ccccc2-n2cnnc2)cs1. The van der Waals surface area contributed by atoms with E-state index in [2.05, 4.69) is 20.5 Å². The van der Waals surface area contributed by atoms with E-state index < -0.39 is 0 Å². The zero-order chi connectivity index (χ0) is 14.7. The Morgan fingerprint density at radius 2 is 2.05 bits per heavy atom. The van der Waals surface area contributed by atoms with Gasteiger partial charge in [-0.1, -0.05) is 12.1 Å². The van der Waals surface area contributed by atoms with E-state index in [9.17, 15) is 4.79 Å². The molecule has 0 saturated carbocycles. The molecule has 0 atom stereocenters.